The summed E-state index contributed by atoms with van der Waals surface area (Å²) in [6.45, 7) is 6.53. The van der Waals surface area contributed by atoms with E-state index in [0.717, 1.165) is 23.3 Å². The van der Waals surface area contributed by atoms with Gasteiger partial charge in [0.25, 0.3) is 0 Å². The van der Waals surface area contributed by atoms with Gasteiger partial charge in [-0.05, 0) is 72.8 Å². The fourth-order valence-electron chi connectivity index (χ4n) is 2.76. The summed E-state index contributed by atoms with van der Waals surface area (Å²) < 4.78 is 6.73. The summed E-state index contributed by atoms with van der Waals surface area (Å²) >= 11 is 3.65. The van der Waals surface area contributed by atoms with Crippen LogP contribution in [0.2, 0.25) is 0 Å². The van der Waals surface area contributed by atoms with Gasteiger partial charge in [0.1, 0.15) is 5.75 Å². The Kier molecular flexibility index (Phi) is 4.10. The van der Waals surface area contributed by atoms with E-state index >= 15 is 0 Å². The van der Waals surface area contributed by atoms with Crippen LogP contribution < -0.4 is 10.1 Å². The minimum Gasteiger partial charge on any atom is -0.495 e. The summed E-state index contributed by atoms with van der Waals surface area (Å²) in [4.78, 5) is 0. The molecule has 1 heterocycles. The molecule has 0 spiro atoms. The quantitative estimate of drug-likeness (QED) is 0.901. The maximum absolute atomic E-state index is 5.62. The highest BCUT2D eigenvalue weighted by molar-refractivity contribution is 9.10. The highest BCUT2D eigenvalue weighted by atomic mass is 79.9. The molecule has 0 amide bonds. The van der Waals surface area contributed by atoms with Crippen LogP contribution in [-0.4, -0.2) is 20.2 Å². The SMILES string of the molecule is COc1c(Br)c(C)cc(C)c1C1CCNCC1. The minimum atomic E-state index is 0.628. The molecular formula is C14H20BrNO. The van der Waals surface area contributed by atoms with Crippen molar-refractivity contribution >= 4 is 15.9 Å². The fraction of sp³-hybridized carbons (Fsp3) is 0.571. The lowest BCUT2D eigenvalue weighted by Crippen LogP contribution is -2.27. The van der Waals surface area contributed by atoms with Gasteiger partial charge in [-0.25, -0.2) is 0 Å². The van der Waals surface area contributed by atoms with Gasteiger partial charge in [-0.1, -0.05) is 6.07 Å². The maximum atomic E-state index is 5.62. The molecule has 0 aliphatic carbocycles. The molecule has 0 saturated carbocycles. The molecular weight excluding hydrogens is 278 g/mol. The molecule has 0 unspecified atom stereocenters. The minimum absolute atomic E-state index is 0.628. The summed E-state index contributed by atoms with van der Waals surface area (Å²) in [6.07, 6.45) is 2.40. The third kappa shape index (κ3) is 2.50. The zero-order valence-corrected chi connectivity index (χ0v) is 12.4. The number of halogens is 1. The summed E-state index contributed by atoms with van der Waals surface area (Å²) in [5.74, 6) is 1.66. The number of nitrogens with one attached hydrogen (secondary N) is 1. The normalized spacial score (nSPS) is 17.2. The van der Waals surface area contributed by atoms with Gasteiger partial charge in [0.15, 0.2) is 0 Å². The van der Waals surface area contributed by atoms with Gasteiger partial charge in [0.05, 0.1) is 11.6 Å². The van der Waals surface area contributed by atoms with Crippen LogP contribution in [0.1, 0.15) is 35.4 Å². The number of hydrogen-bond acceptors (Lipinski definition) is 2. The number of rotatable bonds is 2. The molecule has 2 rings (SSSR count). The topological polar surface area (TPSA) is 21.3 Å². The second kappa shape index (κ2) is 5.40. The highest BCUT2D eigenvalue weighted by Gasteiger charge is 2.23. The number of aryl methyl sites for hydroxylation is 2. The second-order valence-electron chi connectivity index (χ2n) is 4.80. The largest absolute Gasteiger partial charge is 0.495 e. The van der Waals surface area contributed by atoms with E-state index < -0.39 is 0 Å². The Morgan fingerprint density at radius 1 is 1.24 bits per heavy atom. The van der Waals surface area contributed by atoms with Crippen LogP contribution in [0.4, 0.5) is 0 Å². The van der Waals surface area contributed by atoms with Crippen molar-refractivity contribution < 1.29 is 4.74 Å². The molecule has 1 aliphatic heterocycles. The zero-order chi connectivity index (χ0) is 12.4. The predicted molar refractivity (Wildman–Crippen MR) is 75.0 cm³/mol. The number of hydrogen-bond donors (Lipinski definition) is 1. The van der Waals surface area contributed by atoms with E-state index in [1.54, 1.807) is 7.11 Å². The Balaban J connectivity index is 2.47. The molecule has 1 fully saturated rings. The molecule has 0 atom stereocenters. The van der Waals surface area contributed by atoms with Crippen molar-refractivity contribution in [3.8, 4) is 5.75 Å². The Morgan fingerprint density at radius 3 is 2.47 bits per heavy atom. The van der Waals surface area contributed by atoms with Gasteiger partial charge >= 0.3 is 0 Å². The fourth-order valence-corrected chi connectivity index (χ4v) is 3.25. The van der Waals surface area contributed by atoms with Crippen LogP contribution >= 0.6 is 15.9 Å². The molecule has 94 valence electrons. The summed E-state index contributed by atoms with van der Waals surface area (Å²) in [5.41, 5.74) is 4.00. The van der Waals surface area contributed by atoms with Gasteiger partial charge in [0, 0.05) is 5.56 Å². The standard InChI is InChI=1S/C14H20BrNO/c1-9-8-10(2)13(15)14(17-3)12(9)11-4-6-16-7-5-11/h8,11,16H,4-7H2,1-3H3. The lowest BCUT2D eigenvalue weighted by atomic mass is 9.86. The first kappa shape index (κ1) is 12.9. The summed E-state index contributed by atoms with van der Waals surface area (Å²) in [6, 6.07) is 2.25. The molecule has 0 radical (unpaired) electrons. The number of benzene rings is 1. The van der Waals surface area contributed by atoms with Gasteiger partial charge in [-0.3, -0.25) is 0 Å². The molecule has 0 aromatic heterocycles. The van der Waals surface area contributed by atoms with Crippen LogP contribution in [0.5, 0.6) is 5.75 Å². The molecule has 0 bridgehead atoms. The summed E-state index contributed by atoms with van der Waals surface area (Å²) in [5, 5.41) is 3.41. The van der Waals surface area contributed by atoms with Crippen LogP contribution in [0.25, 0.3) is 0 Å². The monoisotopic (exact) mass is 297 g/mol. The van der Waals surface area contributed by atoms with E-state index in [1.165, 1.54) is 29.5 Å². The zero-order valence-electron chi connectivity index (χ0n) is 10.8. The first-order valence-corrected chi connectivity index (χ1v) is 6.98. The van der Waals surface area contributed by atoms with Crippen molar-refractivity contribution in [1.29, 1.82) is 0 Å². The third-order valence-corrected chi connectivity index (χ3v) is 4.59. The Hall–Kier alpha value is -0.540. The van der Waals surface area contributed by atoms with E-state index in [9.17, 15) is 0 Å². The molecule has 3 heteroatoms. The van der Waals surface area contributed by atoms with Crippen molar-refractivity contribution in [2.24, 2.45) is 0 Å². The van der Waals surface area contributed by atoms with Crippen LogP contribution in [0.3, 0.4) is 0 Å². The van der Waals surface area contributed by atoms with E-state index in [1.807, 2.05) is 0 Å². The van der Waals surface area contributed by atoms with Crippen LogP contribution in [0, 0.1) is 13.8 Å². The number of methoxy groups -OCH3 is 1. The average molecular weight is 298 g/mol. The van der Waals surface area contributed by atoms with Gasteiger partial charge in [-0.15, -0.1) is 0 Å². The van der Waals surface area contributed by atoms with Crippen molar-refractivity contribution in [1.82, 2.24) is 5.32 Å². The molecule has 1 aromatic rings. The molecule has 1 saturated heterocycles. The van der Waals surface area contributed by atoms with Gasteiger partial charge in [-0.2, -0.15) is 0 Å². The predicted octanol–water partition coefficient (Wildman–Crippen LogP) is 3.54. The maximum Gasteiger partial charge on any atom is 0.137 e. The van der Waals surface area contributed by atoms with Gasteiger partial charge < -0.3 is 10.1 Å². The van der Waals surface area contributed by atoms with E-state index in [2.05, 4.69) is 41.2 Å². The van der Waals surface area contributed by atoms with Crippen LogP contribution in [0.15, 0.2) is 10.5 Å². The molecule has 1 aromatic carbocycles. The second-order valence-corrected chi connectivity index (χ2v) is 5.59. The third-order valence-electron chi connectivity index (χ3n) is 3.60. The Labute approximate surface area is 112 Å². The highest BCUT2D eigenvalue weighted by Crippen LogP contribution is 2.41. The molecule has 1 aliphatic rings. The van der Waals surface area contributed by atoms with Crippen molar-refractivity contribution in [2.45, 2.75) is 32.6 Å². The lowest BCUT2D eigenvalue weighted by molar-refractivity contribution is 0.388. The van der Waals surface area contributed by atoms with Crippen LogP contribution in [-0.2, 0) is 0 Å². The van der Waals surface area contributed by atoms with E-state index in [-0.39, 0.29) is 0 Å². The molecule has 2 nitrogen and oxygen atoms in total. The van der Waals surface area contributed by atoms with Crippen molar-refractivity contribution in [3.05, 3.63) is 27.2 Å². The number of piperidine rings is 1. The van der Waals surface area contributed by atoms with Crippen molar-refractivity contribution in [2.75, 3.05) is 20.2 Å². The Morgan fingerprint density at radius 2 is 1.88 bits per heavy atom. The number of ether oxygens (including phenoxy) is 1. The van der Waals surface area contributed by atoms with E-state index in [0.29, 0.717) is 5.92 Å². The summed E-state index contributed by atoms with van der Waals surface area (Å²) in [7, 11) is 1.77. The first-order valence-electron chi connectivity index (χ1n) is 6.19. The molecule has 1 N–H and O–H groups in total. The Bertz CT molecular complexity index is 411. The van der Waals surface area contributed by atoms with Gasteiger partial charge in [0.2, 0.25) is 0 Å². The van der Waals surface area contributed by atoms with Crippen molar-refractivity contribution in [3.63, 3.8) is 0 Å². The first-order chi connectivity index (χ1) is 8.15. The molecule has 17 heavy (non-hydrogen) atoms. The smallest absolute Gasteiger partial charge is 0.137 e. The van der Waals surface area contributed by atoms with E-state index in [4.69, 9.17) is 4.74 Å². The average Bonchev–Trinajstić information content (AvgIpc) is 2.34. The lowest BCUT2D eigenvalue weighted by Gasteiger charge is -2.27.